The molecule has 0 unspecified atom stereocenters. The van der Waals surface area contributed by atoms with Crippen molar-refractivity contribution in [1.29, 1.82) is 0 Å². The van der Waals surface area contributed by atoms with E-state index in [1.54, 1.807) is 0 Å². The van der Waals surface area contributed by atoms with Crippen molar-refractivity contribution in [3.8, 4) is 22.5 Å². The molecule has 0 aliphatic heterocycles. The lowest BCUT2D eigenvalue weighted by Crippen LogP contribution is -2.04. The summed E-state index contributed by atoms with van der Waals surface area (Å²) in [4.78, 5) is 0. The van der Waals surface area contributed by atoms with E-state index in [-0.39, 0.29) is 0 Å². The highest BCUT2D eigenvalue weighted by atomic mass is 79.9. The smallest absolute Gasteiger partial charge is 0.0527 e. The highest BCUT2D eigenvalue weighted by Crippen LogP contribution is 2.41. The first-order chi connectivity index (χ1) is 21.1. The Kier molecular flexibility index (Phi) is 10.3. The predicted octanol–water partition coefficient (Wildman–Crippen LogP) is 12.4. The molecule has 0 spiro atoms. The van der Waals surface area contributed by atoms with Gasteiger partial charge in [0.1, 0.15) is 0 Å². The molecule has 6 heteroatoms. The molecule has 2 nitrogen and oxygen atoms in total. The summed E-state index contributed by atoms with van der Waals surface area (Å²) < 4.78 is 7.35. The van der Waals surface area contributed by atoms with E-state index in [0.29, 0.717) is 0 Å². The van der Waals surface area contributed by atoms with Crippen LogP contribution >= 0.6 is 63.7 Å². The summed E-state index contributed by atoms with van der Waals surface area (Å²) in [7, 11) is 0. The van der Waals surface area contributed by atoms with E-state index in [0.717, 1.165) is 64.8 Å². The predicted molar refractivity (Wildman–Crippen MR) is 199 cm³/mol. The van der Waals surface area contributed by atoms with Crippen LogP contribution in [-0.2, 0) is 19.5 Å². The zero-order chi connectivity index (χ0) is 29.8. The molecule has 6 rings (SSSR count). The number of unbranched alkanes of at least 4 members (excludes halogenated alkanes) is 2. The van der Waals surface area contributed by atoms with Gasteiger partial charge in [-0.05, 0) is 84.3 Å². The van der Waals surface area contributed by atoms with Gasteiger partial charge in [0.15, 0.2) is 0 Å². The summed E-state index contributed by atoms with van der Waals surface area (Å²) in [5.74, 6) is 0. The van der Waals surface area contributed by atoms with Crippen molar-refractivity contribution in [3.63, 3.8) is 0 Å². The van der Waals surface area contributed by atoms with Gasteiger partial charge in [0.25, 0.3) is 0 Å². The van der Waals surface area contributed by atoms with E-state index in [9.17, 15) is 0 Å². The molecular weight excluding hydrogens is 792 g/mol. The highest BCUT2D eigenvalue weighted by Gasteiger charge is 2.24. The van der Waals surface area contributed by atoms with Gasteiger partial charge in [0.2, 0.25) is 0 Å². The van der Waals surface area contributed by atoms with Crippen LogP contribution in [0.4, 0.5) is 0 Å². The number of halogens is 4. The minimum atomic E-state index is 0.856. The SMILES string of the molecule is BrCCCCn1c(-c2ccc(Br)cc2)c(Cc2c(-c3ccc(Br)cc3)n(CCCCBr)c3ccccc23)c2ccccc21. The number of benzene rings is 4. The van der Waals surface area contributed by atoms with Gasteiger partial charge in [-0.3, -0.25) is 0 Å². The number of rotatable bonds is 12. The Labute approximate surface area is 288 Å². The third-order valence-corrected chi connectivity index (χ3v) is 10.4. The van der Waals surface area contributed by atoms with Gasteiger partial charge < -0.3 is 9.13 Å². The van der Waals surface area contributed by atoms with E-state index in [2.05, 4.69) is 170 Å². The van der Waals surface area contributed by atoms with Crippen molar-refractivity contribution in [2.75, 3.05) is 10.7 Å². The summed E-state index contributed by atoms with van der Waals surface area (Å²) in [6.07, 6.45) is 5.41. The van der Waals surface area contributed by atoms with Crippen LogP contribution in [0.25, 0.3) is 44.3 Å². The monoisotopic (exact) mass is 822 g/mol. The molecule has 4 aromatic carbocycles. The Morgan fingerprint density at radius 1 is 0.465 bits per heavy atom. The summed E-state index contributed by atoms with van der Waals surface area (Å²) in [5, 5.41) is 4.74. The molecule has 0 radical (unpaired) electrons. The van der Waals surface area contributed by atoms with Crippen molar-refractivity contribution in [2.24, 2.45) is 0 Å². The average Bonchev–Trinajstić information content (AvgIpc) is 3.51. The number of fused-ring (bicyclic) bond motifs is 2. The molecule has 0 fully saturated rings. The number of alkyl halides is 2. The minimum absolute atomic E-state index is 0.856. The number of hydrogen-bond acceptors (Lipinski definition) is 0. The van der Waals surface area contributed by atoms with Crippen LogP contribution in [0.3, 0.4) is 0 Å². The van der Waals surface area contributed by atoms with Gasteiger partial charge in [-0.15, -0.1) is 0 Å². The maximum atomic E-state index is 3.67. The lowest BCUT2D eigenvalue weighted by molar-refractivity contribution is 0.657. The van der Waals surface area contributed by atoms with E-state index < -0.39 is 0 Å². The summed E-state index contributed by atoms with van der Waals surface area (Å²) in [5.41, 5.74) is 10.6. The van der Waals surface area contributed by atoms with E-state index in [1.165, 1.54) is 55.4 Å². The minimum Gasteiger partial charge on any atom is -0.340 e. The van der Waals surface area contributed by atoms with Gasteiger partial charge in [-0.1, -0.05) is 124 Å². The molecule has 220 valence electrons. The fraction of sp³-hybridized carbons (Fsp3) is 0.243. The number of para-hydroxylation sites is 2. The summed E-state index contributed by atoms with van der Waals surface area (Å²) >= 11 is 14.6. The van der Waals surface area contributed by atoms with Crippen LogP contribution in [0.15, 0.2) is 106 Å². The molecule has 0 atom stereocenters. The van der Waals surface area contributed by atoms with E-state index in [4.69, 9.17) is 0 Å². The Hall–Kier alpha value is -2.12. The van der Waals surface area contributed by atoms with Gasteiger partial charge in [0.05, 0.1) is 11.4 Å². The molecule has 43 heavy (non-hydrogen) atoms. The number of hydrogen-bond donors (Lipinski definition) is 0. The second kappa shape index (κ2) is 14.3. The molecular formula is C37H34Br4N2. The topological polar surface area (TPSA) is 9.86 Å². The van der Waals surface area contributed by atoms with Gasteiger partial charge in [-0.25, -0.2) is 0 Å². The second-order valence-electron chi connectivity index (χ2n) is 11.0. The Morgan fingerprint density at radius 2 is 0.860 bits per heavy atom. The first-order valence-electron chi connectivity index (χ1n) is 14.9. The van der Waals surface area contributed by atoms with Crippen LogP contribution in [0.5, 0.6) is 0 Å². The third kappa shape index (κ3) is 6.49. The first kappa shape index (κ1) is 30.9. The van der Waals surface area contributed by atoms with Crippen LogP contribution in [0, 0.1) is 0 Å². The number of aromatic nitrogens is 2. The van der Waals surface area contributed by atoms with Crippen molar-refractivity contribution >= 4 is 85.5 Å². The molecule has 0 N–H and O–H groups in total. The van der Waals surface area contributed by atoms with Crippen molar-refractivity contribution < 1.29 is 0 Å². The fourth-order valence-corrected chi connectivity index (χ4v) is 7.68. The molecule has 0 amide bonds. The first-order valence-corrected chi connectivity index (χ1v) is 18.8. The number of nitrogens with zero attached hydrogens (tertiary/aromatic N) is 2. The molecule has 2 aromatic heterocycles. The molecule has 2 heterocycles. The van der Waals surface area contributed by atoms with Gasteiger partial charge >= 0.3 is 0 Å². The second-order valence-corrected chi connectivity index (χ2v) is 14.4. The quantitative estimate of drug-likeness (QED) is 0.0859. The molecule has 0 saturated heterocycles. The normalized spacial score (nSPS) is 11.6. The lowest BCUT2D eigenvalue weighted by atomic mass is 9.94. The maximum Gasteiger partial charge on any atom is 0.0527 e. The standard InChI is InChI=1S/C37H34Br4N2/c38-21-5-7-23-42-34-11-3-1-9-30(34)32(36(42)26-13-17-28(40)18-14-26)25-33-31-10-2-4-12-35(31)43(24-8-6-22-39)37(33)27-15-19-29(41)20-16-27/h1-4,9-20H,5-8,21-25H2. The average molecular weight is 826 g/mol. The van der Waals surface area contributed by atoms with E-state index >= 15 is 0 Å². The summed E-state index contributed by atoms with van der Waals surface area (Å²) in [6.45, 7) is 1.98. The van der Waals surface area contributed by atoms with E-state index in [1.807, 2.05) is 0 Å². The summed E-state index contributed by atoms with van der Waals surface area (Å²) in [6, 6.07) is 35.7. The fourth-order valence-electron chi connectivity index (χ4n) is 6.35. The Bertz CT molecular complexity index is 1700. The van der Waals surface area contributed by atoms with Gasteiger partial charge in [0, 0.05) is 60.9 Å². The Morgan fingerprint density at radius 3 is 1.26 bits per heavy atom. The van der Waals surface area contributed by atoms with Gasteiger partial charge in [-0.2, -0.15) is 0 Å². The molecule has 0 saturated carbocycles. The highest BCUT2D eigenvalue weighted by molar-refractivity contribution is 9.11. The largest absolute Gasteiger partial charge is 0.340 e. The van der Waals surface area contributed by atoms with Crippen LogP contribution in [-0.4, -0.2) is 19.8 Å². The molecule has 0 aliphatic carbocycles. The zero-order valence-corrected chi connectivity index (χ0v) is 30.4. The number of aryl methyl sites for hydroxylation is 2. The molecule has 0 aliphatic rings. The third-order valence-electron chi connectivity index (χ3n) is 8.27. The van der Waals surface area contributed by atoms with Crippen LogP contribution < -0.4 is 0 Å². The zero-order valence-electron chi connectivity index (χ0n) is 24.0. The lowest BCUT2D eigenvalue weighted by Gasteiger charge is -2.15. The van der Waals surface area contributed by atoms with Crippen LogP contribution in [0.1, 0.15) is 36.8 Å². The van der Waals surface area contributed by atoms with Crippen molar-refractivity contribution in [3.05, 3.63) is 117 Å². The molecule has 6 aromatic rings. The Balaban J connectivity index is 1.61. The molecule has 0 bridgehead atoms. The van der Waals surface area contributed by atoms with Crippen molar-refractivity contribution in [2.45, 2.75) is 45.2 Å². The van der Waals surface area contributed by atoms with Crippen LogP contribution in [0.2, 0.25) is 0 Å². The van der Waals surface area contributed by atoms with Crippen molar-refractivity contribution in [1.82, 2.24) is 9.13 Å². The maximum absolute atomic E-state index is 3.67.